The number of pyridine rings is 1. The molecule has 0 spiro atoms. The Bertz CT molecular complexity index is 624. The van der Waals surface area contributed by atoms with Gasteiger partial charge in [0.05, 0.1) is 5.92 Å². The molecule has 1 atom stereocenters. The summed E-state index contributed by atoms with van der Waals surface area (Å²) >= 11 is 0. The SMILES string of the molecule is NC(=O)[C@@H]1CCCN(CCn2ccnc2-c2ccncc2)C1. The van der Waals surface area contributed by atoms with E-state index >= 15 is 0 Å². The molecule has 0 unspecified atom stereocenters. The number of hydrogen-bond donors (Lipinski definition) is 1. The first kappa shape index (κ1) is 14.7. The molecule has 1 fully saturated rings. The highest BCUT2D eigenvalue weighted by Crippen LogP contribution is 2.18. The van der Waals surface area contributed by atoms with Gasteiger partial charge in [-0.05, 0) is 31.5 Å². The zero-order valence-corrected chi connectivity index (χ0v) is 12.6. The molecular weight excluding hydrogens is 278 g/mol. The predicted molar refractivity (Wildman–Crippen MR) is 83.8 cm³/mol. The van der Waals surface area contributed by atoms with Crippen LogP contribution in [0, 0.1) is 5.92 Å². The Balaban J connectivity index is 1.63. The predicted octanol–water partition coefficient (Wildman–Crippen LogP) is 1.14. The van der Waals surface area contributed by atoms with E-state index in [1.165, 1.54) is 0 Å². The van der Waals surface area contributed by atoms with Crippen LogP contribution in [0.1, 0.15) is 12.8 Å². The first-order chi connectivity index (χ1) is 10.7. The van der Waals surface area contributed by atoms with Crippen molar-refractivity contribution in [2.75, 3.05) is 19.6 Å². The Morgan fingerprint density at radius 2 is 2.09 bits per heavy atom. The lowest BCUT2D eigenvalue weighted by atomic mass is 9.97. The van der Waals surface area contributed by atoms with Crippen LogP contribution in [0.4, 0.5) is 0 Å². The van der Waals surface area contributed by atoms with Gasteiger partial charge in [-0.15, -0.1) is 0 Å². The summed E-state index contributed by atoms with van der Waals surface area (Å²) in [7, 11) is 0. The number of carbonyl (C=O) groups is 1. The van der Waals surface area contributed by atoms with Gasteiger partial charge in [0.15, 0.2) is 0 Å². The molecule has 2 N–H and O–H groups in total. The molecule has 22 heavy (non-hydrogen) atoms. The van der Waals surface area contributed by atoms with E-state index in [0.29, 0.717) is 0 Å². The van der Waals surface area contributed by atoms with Crippen molar-refractivity contribution in [2.24, 2.45) is 11.7 Å². The molecule has 0 bridgehead atoms. The minimum Gasteiger partial charge on any atom is -0.369 e. The smallest absolute Gasteiger partial charge is 0.221 e. The number of aromatic nitrogens is 3. The molecule has 0 aliphatic carbocycles. The number of hydrogen-bond acceptors (Lipinski definition) is 4. The number of piperidine rings is 1. The fraction of sp³-hybridized carbons (Fsp3) is 0.438. The molecule has 1 aliphatic heterocycles. The van der Waals surface area contributed by atoms with Gasteiger partial charge in [-0.2, -0.15) is 0 Å². The van der Waals surface area contributed by atoms with Crippen LogP contribution < -0.4 is 5.73 Å². The zero-order valence-electron chi connectivity index (χ0n) is 12.6. The van der Waals surface area contributed by atoms with Crippen LogP contribution in [-0.4, -0.2) is 45.0 Å². The average molecular weight is 299 g/mol. The summed E-state index contributed by atoms with van der Waals surface area (Å²) in [4.78, 5) is 22.1. The van der Waals surface area contributed by atoms with Crippen molar-refractivity contribution in [3.05, 3.63) is 36.9 Å². The van der Waals surface area contributed by atoms with Gasteiger partial charge in [0, 0.05) is 50.0 Å². The summed E-state index contributed by atoms with van der Waals surface area (Å²) in [6.07, 6.45) is 9.31. The van der Waals surface area contributed by atoms with Gasteiger partial charge in [-0.1, -0.05) is 0 Å². The molecule has 0 saturated carbocycles. The average Bonchev–Trinajstić information content (AvgIpc) is 3.02. The van der Waals surface area contributed by atoms with Crippen molar-refractivity contribution >= 4 is 5.91 Å². The summed E-state index contributed by atoms with van der Waals surface area (Å²) < 4.78 is 2.14. The fourth-order valence-electron chi connectivity index (χ4n) is 2.99. The Labute approximate surface area is 130 Å². The van der Waals surface area contributed by atoms with E-state index in [1.807, 2.05) is 24.5 Å². The molecular formula is C16H21N5O. The van der Waals surface area contributed by atoms with E-state index in [4.69, 9.17) is 5.73 Å². The topological polar surface area (TPSA) is 77.0 Å². The Hall–Kier alpha value is -2.21. The second-order valence-electron chi connectivity index (χ2n) is 5.72. The van der Waals surface area contributed by atoms with E-state index in [1.54, 1.807) is 12.4 Å². The third-order valence-electron chi connectivity index (χ3n) is 4.22. The maximum atomic E-state index is 11.3. The van der Waals surface area contributed by atoms with Gasteiger partial charge in [-0.3, -0.25) is 9.78 Å². The van der Waals surface area contributed by atoms with Crippen LogP contribution in [-0.2, 0) is 11.3 Å². The summed E-state index contributed by atoms with van der Waals surface area (Å²) in [5.41, 5.74) is 6.50. The van der Waals surface area contributed by atoms with Crippen LogP contribution in [0.2, 0.25) is 0 Å². The molecule has 116 valence electrons. The first-order valence-corrected chi connectivity index (χ1v) is 7.67. The van der Waals surface area contributed by atoms with Gasteiger partial charge >= 0.3 is 0 Å². The summed E-state index contributed by atoms with van der Waals surface area (Å²) in [6.45, 7) is 3.55. The highest BCUT2D eigenvalue weighted by atomic mass is 16.1. The molecule has 0 aromatic carbocycles. The van der Waals surface area contributed by atoms with Crippen molar-refractivity contribution in [1.82, 2.24) is 19.4 Å². The molecule has 0 radical (unpaired) electrons. The first-order valence-electron chi connectivity index (χ1n) is 7.67. The Kier molecular flexibility index (Phi) is 4.48. The summed E-state index contributed by atoms with van der Waals surface area (Å²) in [6, 6.07) is 3.92. The number of carbonyl (C=O) groups excluding carboxylic acids is 1. The minimum absolute atomic E-state index is 0.00351. The second-order valence-corrected chi connectivity index (χ2v) is 5.72. The highest BCUT2D eigenvalue weighted by molar-refractivity contribution is 5.76. The molecule has 1 saturated heterocycles. The lowest BCUT2D eigenvalue weighted by Gasteiger charge is -2.31. The number of amides is 1. The Morgan fingerprint density at radius 3 is 2.86 bits per heavy atom. The third kappa shape index (κ3) is 3.33. The van der Waals surface area contributed by atoms with Crippen molar-refractivity contribution in [1.29, 1.82) is 0 Å². The van der Waals surface area contributed by atoms with Crippen LogP contribution >= 0.6 is 0 Å². The molecule has 2 aromatic heterocycles. The van der Waals surface area contributed by atoms with E-state index in [2.05, 4.69) is 19.4 Å². The number of imidazole rings is 1. The van der Waals surface area contributed by atoms with Crippen LogP contribution in [0.25, 0.3) is 11.4 Å². The quantitative estimate of drug-likeness (QED) is 0.898. The molecule has 6 heteroatoms. The van der Waals surface area contributed by atoms with Gasteiger partial charge in [-0.25, -0.2) is 4.98 Å². The number of likely N-dealkylation sites (tertiary alicyclic amines) is 1. The second kappa shape index (κ2) is 6.70. The lowest BCUT2D eigenvalue weighted by molar-refractivity contribution is -0.123. The molecule has 6 nitrogen and oxygen atoms in total. The van der Waals surface area contributed by atoms with Crippen LogP contribution in [0.5, 0.6) is 0 Å². The van der Waals surface area contributed by atoms with Crippen molar-refractivity contribution in [3.63, 3.8) is 0 Å². The molecule has 1 aliphatic rings. The van der Waals surface area contributed by atoms with Crippen LogP contribution in [0.3, 0.4) is 0 Å². The zero-order chi connectivity index (χ0) is 15.4. The number of rotatable bonds is 5. The van der Waals surface area contributed by atoms with E-state index < -0.39 is 0 Å². The Morgan fingerprint density at radius 1 is 1.27 bits per heavy atom. The lowest BCUT2D eigenvalue weighted by Crippen LogP contribution is -2.42. The largest absolute Gasteiger partial charge is 0.369 e. The van der Waals surface area contributed by atoms with E-state index in [0.717, 1.165) is 50.4 Å². The standard InChI is InChI=1S/C16H21N5O/c17-15(22)14-2-1-8-20(12-14)10-11-21-9-7-19-16(21)13-3-5-18-6-4-13/h3-7,9,14H,1-2,8,10-12H2,(H2,17,22)/t14-/m1/s1. The maximum Gasteiger partial charge on any atom is 0.221 e. The number of nitrogens with two attached hydrogens (primary N) is 1. The van der Waals surface area contributed by atoms with Crippen molar-refractivity contribution in [3.8, 4) is 11.4 Å². The minimum atomic E-state index is -0.176. The monoisotopic (exact) mass is 299 g/mol. The van der Waals surface area contributed by atoms with E-state index in [-0.39, 0.29) is 11.8 Å². The molecule has 2 aromatic rings. The van der Waals surface area contributed by atoms with Gasteiger partial charge < -0.3 is 15.2 Å². The third-order valence-corrected chi connectivity index (χ3v) is 4.22. The maximum absolute atomic E-state index is 11.3. The van der Waals surface area contributed by atoms with Gasteiger partial charge in [0.25, 0.3) is 0 Å². The van der Waals surface area contributed by atoms with Gasteiger partial charge in [0.2, 0.25) is 5.91 Å². The fourth-order valence-corrected chi connectivity index (χ4v) is 2.99. The summed E-state index contributed by atoms with van der Waals surface area (Å²) in [5.74, 6) is 0.770. The van der Waals surface area contributed by atoms with E-state index in [9.17, 15) is 4.79 Å². The van der Waals surface area contributed by atoms with Crippen molar-refractivity contribution in [2.45, 2.75) is 19.4 Å². The number of nitrogens with zero attached hydrogens (tertiary/aromatic N) is 4. The van der Waals surface area contributed by atoms with Gasteiger partial charge in [0.1, 0.15) is 5.82 Å². The van der Waals surface area contributed by atoms with Crippen molar-refractivity contribution < 1.29 is 4.79 Å². The molecule has 3 rings (SSSR count). The molecule has 1 amide bonds. The summed E-state index contributed by atoms with van der Waals surface area (Å²) in [5, 5.41) is 0. The highest BCUT2D eigenvalue weighted by Gasteiger charge is 2.23. The normalized spacial score (nSPS) is 19.2. The number of primary amides is 1. The van der Waals surface area contributed by atoms with Crippen LogP contribution in [0.15, 0.2) is 36.9 Å². The molecule has 3 heterocycles.